The number of aromatic amines is 1. The van der Waals surface area contributed by atoms with Gasteiger partial charge in [-0.15, -0.1) is 0 Å². The van der Waals surface area contributed by atoms with Crippen molar-refractivity contribution in [1.82, 2.24) is 84.7 Å². The number of aromatic nitrogens is 1. The number of carboxylic acid groups (broad SMARTS) is 1. The van der Waals surface area contributed by atoms with Crippen molar-refractivity contribution in [3.05, 3.63) is 114 Å². The molecular formula is C99H148N18O23. The van der Waals surface area contributed by atoms with E-state index in [1.165, 1.54) is 93.5 Å². The third-order valence-corrected chi connectivity index (χ3v) is 24.1. The molecule has 41 nitrogen and oxygen atoms in total. The number of hydrogen-bond donors (Lipinski definition) is 21. The maximum atomic E-state index is 15.6. The molecule has 772 valence electrons. The van der Waals surface area contributed by atoms with E-state index in [0.29, 0.717) is 59.7 Å². The molecule has 3 aromatic carbocycles. The van der Waals surface area contributed by atoms with Gasteiger partial charge < -0.3 is 112 Å². The van der Waals surface area contributed by atoms with Crippen LogP contribution in [0, 0.1) is 23.2 Å². The van der Waals surface area contributed by atoms with Gasteiger partial charge in [0.25, 0.3) is 0 Å². The molecule has 0 saturated heterocycles. The Morgan fingerprint density at radius 1 is 0.536 bits per heavy atom. The Balaban J connectivity index is 0.0000409. The highest BCUT2D eigenvalue weighted by Gasteiger charge is 2.44. The lowest BCUT2D eigenvalue weighted by molar-refractivity contribution is -0.140. The van der Waals surface area contributed by atoms with Gasteiger partial charge in [0.1, 0.15) is 71.2 Å². The Labute approximate surface area is 817 Å². The lowest BCUT2D eigenvalue weighted by Crippen LogP contribution is -2.65. The molecule has 1 aliphatic heterocycles. The minimum Gasteiger partial charge on any atom is -0.508 e. The number of allylic oxidation sites excluding steroid dienone is 2. The van der Waals surface area contributed by atoms with Gasteiger partial charge in [0, 0.05) is 69.2 Å². The molecule has 5 rings (SSSR count). The quantitative estimate of drug-likeness (QED) is 0.0223. The topological polar surface area (TPSA) is 650 Å². The second-order valence-electron chi connectivity index (χ2n) is 38.1. The predicted octanol–water partition coefficient (Wildman–Crippen LogP) is 1.76. The number of hydrogen-bond acceptors (Lipinski definition) is 24. The van der Waals surface area contributed by atoms with Crippen molar-refractivity contribution in [2.24, 2.45) is 34.6 Å². The molecular weight excluding hydrogens is 1810 g/mol. The number of amides is 15. The summed E-state index contributed by atoms with van der Waals surface area (Å²) in [4.78, 5) is 284. The first kappa shape index (κ1) is 119. The van der Waals surface area contributed by atoms with Crippen molar-refractivity contribution in [3.63, 3.8) is 0 Å². The molecule has 2 heterocycles. The maximum Gasteiger partial charge on any atom is 0.303 e. The number of benzene rings is 3. The number of phenolic OH excluding ortho intramolecular Hbond substituents is 1. The van der Waals surface area contributed by atoms with Gasteiger partial charge >= 0.3 is 5.97 Å². The molecule has 0 radical (unpaired) electrons. The van der Waals surface area contributed by atoms with Crippen LogP contribution in [0.5, 0.6) is 5.75 Å². The van der Waals surface area contributed by atoms with Crippen molar-refractivity contribution in [2.75, 3.05) is 13.1 Å². The van der Waals surface area contributed by atoms with Crippen molar-refractivity contribution in [2.45, 2.75) is 330 Å². The van der Waals surface area contributed by atoms with Crippen molar-refractivity contribution < 1.29 is 111 Å². The number of fused-ring (bicyclic) bond motifs is 1. The molecule has 1 aromatic heterocycles. The monoisotopic (exact) mass is 1960 g/mol. The van der Waals surface area contributed by atoms with E-state index in [-0.39, 0.29) is 89.5 Å². The number of aliphatic hydroxyl groups excluding tert-OH is 1. The van der Waals surface area contributed by atoms with Crippen LogP contribution >= 0.6 is 0 Å². The van der Waals surface area contributed by atoms with Gasteiger partial charge in [-0.2, -0.15) is 0 Å². The van der Waals surface area contributed by atoms with Crippen molar-refractivity contribution >= 4 is 129 Å². The number of nitrogens with two attached hydrogens (primary N) is 2. The molecule has 23 N–H and O–H groups in total. The van der Waals surface area contributed by atoms with E-state index < -0.39 is 257 Å². The molecule has 15 amide bonds. The molecule has 0 fully saturated rings. The van der Waals surface area contributed by atoms with Crippen LogP contribution < -0.4 is 91.2 Å². The molecule has 0 saturated carbocycles. The Morgan fingerprint density at radius 3 is 1.66 bits per heavy atom. The summed E-state index contributed by atoms with van der Waals surface area (Å²) in [5, 5.41) is 72.0. The number of H-pyrrole nitrogens is 1. The SMILES string of the molecule is C.CC(=O)N[C@@H](CC(C)C)C(=O)N[C@H](C(=O)N[C@@H](Cc1ccccc1)C(=O)N[C@]1(C)CCCCCC/C=C/CCC[C@@](C)(C(=O)NC(C)C(=O)N[C@@H](C)C(=O)NC(C)C(=O)N[C@@H](C)C(=O)C(=O)[C@H](C)NCC(C)(C)C(N)=O)NC(=O)[C@H](CC(C)C)CN[C@@H](CCC(N)=O)C(=O)C(=O)[C@H](C)NC(=O)[C@H](Cc2c[nH]c3ccccc23)NC(=O)C(Cc2ccc(O)cc2)NC(=O)[C@H](CCC(=O)O)NC1=O)[C@@H](C)O. The summed E-state index contributed by atoms with van der Waals surface area (Å²) in [6, 6.07) is 1.06. The fraction of sp³-hybridized carbons (Fsp3) is 0.576. The van der Waals surface area contributed by atoms with Crippen molar-refractivity contribution in [3.8, 4) is 5.75 Å². The molecule has 0 aliphatic carbocycles. The number of primary amides is 2. The number of Topliss-reactive ketones (excluding diaryl/α,β-unsaturated/α-hetero) is 4. The van der Waals surface area contributed by atoms with Crippen LogP contribution in [-0.2, 0) is 115 Å². The van der Waals surface area contributed by atoms with Crippen LogP contribution in [0.15, 0.2) is 97.2 Å². The number of para-hydroxylation sites is 1. The maximum absolute atomic E-state index is 15.6. The summed E-state index contributed by atoms with van der Waals surface area (Å²) in [5.41, 5.74) is 7.91. The van der Waals surface area contributed by atoms with E-state index in [2.05, 4.69) is 84.7 Å². The number of aliphatic hydroxyl groups is 1. The van der Waals surface area contributed by atoms with Crippen LogP contribution in [0.2, 0.25) is 0 Å². The normalized spacial score (nSPS) is 21.7. The minimum absolute atomic E-state index is 0. The zero-order valence-corrected chi connectivity index (χ0v) is 82.4. The third-order valence-electron chi connectivity index (χ3n) is 24.1. The Kier molecular flexibility index (Phi) is 48.3. The number of aromatic hydroxyl groups is 1. The first-order valence-electron chi connectivity index (χ1n) is 47.2. The number of rotatable bonds is 39. The summed E-state index contributed by atoms with van der Waals surface area (Å²) in [6.07, 6.45) is 2.87. The number of aliphatic carboxylic acids is 1. The van der Waals surface area contributed by atoms with E-state index in [1.54, 1.807) is 102 Å². The molecule has 140 heavy (non-hydrogen) atoms. The second-order valence-corrected chi connectivity index (χ2v) is 38.1. The standard InChI is InChI=1S/C98H144N18O23.CH4/c1-53(2)45-66-51-102-70(39-41-76(99)120)82(126)81(125)57(7)105-88(132)75(49-65-50-101-69-34-28-27-33-68(65)69)111-89(133)73(48-64-35-37-67(119)38-36-64)110-87(131)71(40-42-77(121)122)113-95(139)98(16,116-91(135)74(47-63-31-25-24-26-32-63)112-92(136)78(61(11)117)114-90(134)72(46-54(3)4)109-62(12)118)44-30-23-21-19-17-18-20-22-29-43-97(15,115-86(66)130)94(138)108-60(10)85(129)107-59(9)84(128)106-58(8)83(127)104-56(6)80(124)79(123)55(5)103-52-96(13,14)93(100)137;/h18,20,24-28,31-38,50,53-61,66,70-75,78,101-103,117,119H,17,19,21-23,29-30,39-49,51-52H2,1-16H3,(H2,99,120)(H2,100,137)(H,104,127)(H,105,132)(H,106,128)(H,107,129)(H,108,138)(H,109,118)(H,110,131)(H,111,133)(H,112,136)(H,113,139)(H,114,134)(H,115,130)(H,116,135)(H,121,122);1H4/b20-18+;/t55-,56-,57-,58?,59-,60?,61+,66+,70-,71-,72-,73?,74-,75-,78-,97-,98+;/m0./s1. The zero-order chi connectivity index (χ0) is 104. The van der Waals surface area contributed by atoms with Gasteiger partial charge in [-0.05, 0) is 187 Å². The van der Waals surface area contributed by atoms with E-state index in [0.717, 1.165) is 0 Å². The molecule has 0 spiro atoms. The van der Waals surface area contributed by atoms with E-state index >= 15 is 28.8 Å². The lowest BCUT2D eigenvalue weighted by Gasteiger charge is -2.34. The summed E-state index contributed by atoms with van der Waals surface area (Å²) >= 11 is 0. The number of nitrogens with one attached hydrogen (secondary N) is 16. The Bertz CT molecular complexity index is 5020. The fourth-order valence-corrected chi connectivity index (χ4v) is 15.4. The molecule has 41 heteroatoms. The van der Waals surface area contributed by atoms with Gasteiger partial charge in [-0.25, -0.2) is 0 Å². The van der Waals surface area contributed by atoms with Crippen LogP contribution in [0.3, 0.4) is 0 Å². The number of carbonyl (C=O) groups excluding carboxylic acids is 19. The lowest BCUT2D eigenvalue weighted by atomic mass is 9.89. The summed E-state index contributed by atoms with van der Waals surface area (Å²) in [7, 11) is 0. The first-order valence-corrected chi connectivity index (χ1v) is 47.2. The minimum atomic E-state index is -2.08. The second kappa shape index (κ2) is 56.8. The van der Waals surface area contributed by atoms with Gasteiger partial charge in [0.2, 0.25) is 112 Å². The number of ketones is 4. The van der Waals surface area contributed by atoms with Crippen molar-refractivity contribution in [1.29, 1.82) is 0 Å². The van der Waals surface area contributed by atoms with Crippen LogP contribution in [-0.4, -0.2) is 247 Å². The highest BCUT2D eigenvalue weighted by Crippen LogP contribution is 2.26. The highest BCUT2D eigenvalue weighted by atomic mass is 16.4. The number of carbonyl (C=O) groups is 20. The van der Waals surface area contributed by atoms with Gasteiger partial charge in [0.05, 0.1) is 41.6 Å². The average molecular weight is 1960 g/mol. The molecule has 4 aromatic rings. The van der Waals surface area contributed by atoms with E-state index in [9.17, 15) is 82.4 Å². The number of carboxylic acids is 1. The largest absolute Gasteiger partial charge is 0.508 e. The fourth-order valence-electron chi connectivity index (χ4n) is 15.4. The number of phenols is 1. The summed E-state index contributed by atoms with van der Waals surface area (Å²) in [5.74, 6) is -21.0. The molecule has 0 bridgehead atoms. The van der Waals surface area contributed by atoms with Gasteiger partial charge in [-0.3, -0.25) is 95.9 Å². The Hall–Kier alpha value is -13.2. The molecule has 1 aliphatic rings. The third kappa shape index (κ3) is 38.9. The average Bonchev–Trinajstić information content (AvgIpc) is 1.73. The summed E-state index contributed by atoms with van der Waals surface area (Å²) < 4.78 is 0. The first-order chi connectivity index (χ1) is 65.1. The summed E-state index contributed by atoms with van der Waals surface area (Å²) in [6.45, 7) is 22.8. The van der Waals surface area contributed by atoms with Gasteiger partial charge in [0.15, 0.2) is 0 Å². The molecule has 3 unspecified atom stereocenters. The van der Waals surface area contributed by atoms with Crippen LogP contribution in [0.4, 0.5) is 0 Å². The van der Waals surface area contributed by atoms with Gasteiger partial charge in [-0.1, -0.05) is 127 Å². The highest BCUT2D eigenvalue weighted by molar-refractivity contribution is 6.41. The Morgan fingerprint density at radius 2 is 1.09 bits per heavy atom. The smallest absolute Gasteiger partial charge is 0.303 e. The predicted molar refractivity (Wildman–Crippen MR) is 521 cm³/mol. The van der Waals surface area contributed by atoms with Crippen LogP contribution in [0.1, 0.15) is 231 Å². The molecule has 17 atom stereocenters. The zero-order valence-electron chi connectivity index (χ0n) is 82.4. The van der Waals surface area contributed by atoms with Crippen LogP contribution in [0.25, 0.3) is 10.9 Å². The van der Waals surface area contributed by atoms with E-state index in [4.69, 9.17) is 11.5 Å². The van der Waals surface area contributed by atoms with E-state index in [1.807, 2.05) is 12.2 Å².